The molecule has 1 fully saturated rings. The second-order valence-corrected chi connectivity index (χ2v) is 7.34. The topological polar surface area (TPSA) is 74.9 Å². The number of hydrogen-bond acceptors (Lipinski definition) is 7. The molecule has 26 heavy (non-hydrogen) atoms. The SMILES string of the molecule is CC(=S)C(=S)C1(c2cccnc2)CCCCC1=CC=NOCC(O)CO. The summed E-state index contributed by atoms with van der Waals surface area (Å²) in [7, 11) is 0. The molecule has 1 aliphatic rings. The van der Waals surface area contributed by atoms with Gasteiger partial charge in [-0.2, -0.15) is 0 Å². The van der Waals surface area contributed by atoms with Gasteiger partial charge in [-0.15, -0.1) is 0 Å². The highest BCUT2D eigenvalue weighted by molar-refractivity contribution is 7.89. The summed E-state index contributed by atoms with van der Waals surface area (Å²) in [4.78, 5) is 10.8. The largest absolute Gasteiger partial charge is 0.394 e. The minimum Gasteiger partial charge on any atom is -0.394 e. The Morgan fingerprint density at radius 1 is 1.46 bits per heavy atom. The molecule has 0 saturated heterocycles. The van der Waals surface area contributed by atoms with Crippen LogP contribution in [-0.4, -0.2) is 50.5 Å². The molecule has 1 aliphatic carbocycles. The molecule has 0 amide bonds. The molecule has 1 aromatic heterocycles. The van der Waals surface area contributed by atoms with Crippen molar-refractivity contribution in [3.63, 3.8) is 0 Å². The molecule has 2 rings (SSSR count). The van der Waals surface area contributed by atoms with Gasteiger partial charge in [0, 0.05) is 22.1 Å². The number of pyridine rings is 1. The number of thiocarbonyl (C=S) groups is 2. The lowest BCUT2D eigenvalue weighted by atomic mass is 9.64. The van der Waals surface area contributed by atoms with Crippen LogP contribution in [0.3, 0.4) is 0 Å². The van der Waals surface area contributed by atoms with Crippen molar-refractivity contribution in [3.8, 4) is 0 Å². The van der Waals surface area contributed by atoms with Gasteiger partial charge in [0.1, 0.15) is 12.7 Å². The highest BCUT2D eigenvalue weighted by Crippen LogP contribution is 2.45. The smallest absolute Gasteiger partial charge is 0.145 e. The number of aliphatic hydroxyl groups excluding tert-OH is 2. The third kappa shape index (κ3) is 4.79. The second-order valence-electron chi connectivity index (χ2n) is 6.32. The Hall–Kier alpha value is -1.54. The zero-order valence-corrected chi connectivity index (χ0v) is 16.4. The molecule has 5 nitrogen and oxygen atoms in total. The van der Waals surface area contributed by atoms with Gasteiger partial charge in [-0.3, -0.25) is 4.98 Å². The fourth-order valence-electron chi connectivity index (χ4n) is 3.29. The fourth-order valence-corrected chi connectivity index (χ4v) is 3.81. The zero-order valence-electron chi connectivity index (χ0n) is 14.8. The van der Waals surface area contributed by atoms with E-state index in [4.69, 9.17) is 34.4 Å². The summed E-state index contributed by atoms with van der Waals surface area (Å²) in [5, 5.41) is 21.9. The molecule has 0 radical (unpaired) electrons. The van der Waals surface area contributed by atoms with Crippen LogP contribution in [0.4, 0.5) is 0 Å². The predicted molar refractivity (Wildman–Crippen MR) is 111 cm³/mol. The molecular formula is C19H24N2O3S2. The number of aromatic nitrogens is 1. The van der Waals surface area contributed by atoms with Gasteiger partial charge < -0.3 is 15.1 Å². The van der Waals surface area contributed by atoms with Crippen LogP contribution in [0.25, 0.3) is 0 Å². The first-order valence-electron chi connectivity index (χ1n) is 8.62. The number of hydrogen-bond donors (Lipinski definition) is 2. The normalized spacial score (nSPS) is 23.1. The molecule has 7 heteroatoms. The molecular weight excluding hydrogens is 368 g/mol. The molecule has 0 aliphatic heterocycles. The van der Waals surface area contributed by atoms with Crippen molar-refractivity contribution >= 4 is 40.4 Å². The Morgan fingerprint density at radius 3 is 2.92 bits per heavy atom. The van der Waals surface area contributed by atoms with Crippen LogP contribution in [0.1, 0.15) is 38.2 Å². The van der Waals surface area contributed by atoms with E-state index in [1.165, 1.54) is 0 Å². The highest BCUT2D eigenvalue weighted by Gasteiger charge is 2.42. The van der Waals surface area contributed by atoms with Crippen LogP contribution < -0.4 is 0 Å². The molecule has 2 atom stereocenters. The quantitative estimate of drug-likeness (QED) is 0.402. The van der Waals surface area contributed by atoms with Gasteiger partial charge >= 0.3 is 0 Å². The molecule has 1 saturated carbocycles. The summed E-state index contributed by atoms with van der Waals surface area (Å²) in [6.07, 6.45) is 10.1. The second kappa shape index (κ2) is 9.97. The van der Waals surface area contributed by atoms with Crippen molar-refractivity contribution in [3.05, 3.63) is 41.7 Å². The van der Waals surface area contributed by atoms with Crippen molar-refractivity contribution in [2.45, 2.75) is 44.1 Å². The average Bonchev–Trinajstić information content (AvgIpc) is 2.67. The molecule has 1 aromatic rings. The van der Waals surface area contributed by atoms with E-state index in [9.17, 15) is 5.11 Å². The monoisotopic (exact) mass is 392 g/mol. The first-order valence-corrected chi connectivity index (χ1v) is 9.43. The van der Waals surface area contributed by atoms with Gasteiger partial charge in [0.15, 0.2) is 0 Å². The third-order valence-electron chi connectivity index (χ3n) is 4.55. The van der Waals surface area contributed by atoms with Crippen molar-refractivity contribution in [1.82, 2.24) is 4.98 Å². The maximum Gasteiger partial charge on any atom is 0.145 e. The lowest BCUT2D eigenvalue weighted by molar-refractivity contribution is 0.00886. The first-order chi connectivity index (χ1) is 12.5. The standard InChI is InChI=1S/C19H24N2O3S2/c1-14(25)18(26)19(16-6-4-9-20-11-16)8-3-2-5-15(19)7-10-21-24-13-17(23)12-22/h4,6-7,9-11,17,22-23H,2-3,5,8,12-13H2,1H3. The number of allylic oxidation sites excluding steroid dienone is 2. The Kier molecular flexibility index (Phi) is 7.96. The van der Waals surface area contributed by atoms with E-state index in [1.807, 2.05) is 31.3 Å². The van der Waals surface area contributed by atoms with Crippen molar-refractivity contribution in [2.24, 2.45) is 5.16 Å². The van der Waals surface area contributed by atoms with Gasteiger partial charge in [-0.05, 0) is 43.9 Å². The highest BCUT2D eigenvalue weighted by atomic mass is 32.1. The van der Waals surface area contributed by atoms with E-state index in [1.54, 1.807) is 12.4 Å². The van der Waals surface area contributed by atoms with E-state index in [-0.39, 0.29) is 13.2 Å². The van der Waals surface area contributed by atoms with Crippen LogP contribution in [0, 0.1) is 0 Å². The lowest BCUT2D eigenvalue weighted by Gasteiger charge is -2.40. The minimum atomic E-state index is -0.936. The van der Waals surface area contributed by atoms with Gasteiger partial charge in [0.05, 0.1) is 18.2 Å². The average molecular weight is 393 g/mol. The van der Waals surface area contributed by atoms with Crippen LogP contribution in [0.15, 0.2) is 41.3 Å². The van der Waals surface area contributed by atoms with Crippen molar-refractivity contribution in [2.75, 3.05) is 13.2 Å². The van der Waals surface area contributed by atoms with Crippen LogP contribution in [0.5, 0.6) is 0 Å². The van der Waals surface area contributed by atoms with Gasteiger partial charge in [0.25, 0.3) is 0 Å². The predicted octanol–water partition coefficient (Wildman–Crippen LogP) is 2.94. The summed E-state index contributed by atoms with van der Waals surface area (Å²) in [5.41, 5.74) is 1.75. The van der Waals surface area contributed by atoms with Crippen LogP contribution in [0.2, 0.25) is 0 Å². The maximum atomic E-state index is 9.27. The molecule has 0 aromatic carbocycles. The maximum absolute atomic E-state index is 9.27. The Labute approximate surface area is 164 Å². The molecule has 0 spiro atoms. The van der Waals surface area contributed by atoms with Crippen molar-refractivity contribution in [1.29, 1.82) is 0 Å². The molecule has 1 heterocycles. The molecule has 2 unspecified atom stereocenters. The fraction of sp³-hybridized carbons (Fsp3) is 0.474. The zero-order chi connectivity index (χ0) is 19.0. The van der Waals surface area contributed by atoms with E-state index in [0.29, 0.717) is 0 Å². The Balaban J connectivity index is 2.34. The van der Waals surface area contributed by atoms with Crippen molar-refractivity contribution < 1.29 is 15.1 Å². The minimum absolute atomic E-state index is 0.0542. The summed E-state index contributed by atoms with van der Waals surface area (Å²) in [6.45, 7) is 1.46. The summed E-state index contributed by atoms with van der Waals surface area (Å²) in [6, 6.07) is 3.96. The summed E-state index contributed by atoms with van der Waals surface area (Å²) >= 11 is 11.2. The number of nitrogens with zero attached hydrogens (tertiary/aromatic N) is 2. The van der Waals surface area contributed by atoms with Crippen LogP contribution in [-0.2, 0) is 10.3 Å². The van der Waals surface area contributed by atoms with E-state index < -0.39 is 11.5 Å². The molecule has 140 valence electrons. The van der Waals surface area contributed by atoms with Gasteiger partial charge in [0.2, 0.25) is 0 Å². The van der Waals surface area contributed by atoms with Gasteiger partial charge in [-0.1, -0.05) is 47.7 Å². The Morgan fingerprint density at radius 2 is 2.27 bits per heavy atom. The first kappa shape index (κ1) is 20.8. The summed E-state index contributed by atoms with van der Waals surface area (Å²) < 4.78 is 0. The third-order valence-corrected chi connectivity index (χ3v) is 5.53. The molecule has 2 N–H and O–H groups in total. The van der Waals surface area contributed by atoms with Gasteiger partial charge in [-0.25, -0.2) is 0 Å². The summed E-state index contributed by atoms with van der Waals surface area (Å²) in [5.74, 6) is 0. The lowest BCUT2D eigenvalue weighted by Crippen LogP contribution is -2.42. The number of aliphatic hydroxyl groups is 2. The Bertz CT molecular complexity index is 691. The van der Waals surface area contributed by atoms with E-state index in [2.05, 4.69) is 10.1 Å². The van der Waals surface area contributed by atoms with E-state index in [0.717, 1.165) is 46.5 Å². The van der Waals surface area contributed by atoms with E-state index >= 15 is 0 Å². The number of oxime groups is 1. The number of rotatable bonds is 8. The molecule has 0 bridgehead atoms. The van der Waals surface area contributed by atoms with Crippen LogP contribution >= 0.6 is 24.4 Å².